The maximum atomic E-state index is 13.0. The van der Waals surface area contributed by atoms with Crippen LogP contribution in [0.5, 0.6) is 0 Å². The Kier molecular flexibility index (Phi) is 5.08. The summed E-state index contributed by atoms with van der Waals surface area (Å²) in [4.78, 5) is 0. The second-order valence-corrected chi connectivity index (χ2v) is 8.27. The maximum Gasteiger partial charge on any atom is 0.416 e. The van der Waals surface area contributed by atoms with Gasteiger partial charge in [-0.2, -0.15) is 13.2 Å². The van der Waals surface area contributed by atoms with Crippen LogP contribution < -0.4 is 5.32 Å². The molecule has 1 saturated heterocycles. The van der Waals surface area contributed by atoms with E-state index < -0.39 is 21.6 Å². The van der Waals surface area contributed by atoms with Crippen LogP contribution in [0.15, 0.2) is 24.8 Å². The van der Waals surface area contributed by atoms with Gasteiger partial charge in [0.2, 0.25) is 0 Å². The molecule has 23 heavy (non-hydrogen) atoms. The van der Waals surface area contributed by atoms with Gasteiger partial charge in [0.05, 0.1) is 17.1 Å². The smallest absolute Gasteiger partial charge is 0.385 e. The van der Waals surface area contributed by atoms with Gasteiger partial charge < -0.3 is 5.32 Å². The highest BCUT2D eigenvalue weighted by Crippen LogP contribution is 2.36. The first kappa shape index (κ1) is 17.8. The Hall–Kier alpha value is -1.50. The van der Waals surface area contributed by atoms with Gasteiger partial charge in [0, 0.05) is 12.2 Å². The topological polar surface area (TPSA) is 46.2 Å². The number of halogens is 3. The number of sulfone groups is 1. The minimum atomic E-state index is -4.43. The summed E-state index contributed by atoms with van der Waals surface area (Å²) in [6.07, 6.45) is -2.98. The Balaban J connectivity index is 2.12. The predicted octanol–water partition coefficient (Wildman–Crippen LogP) is 3.98. The molecule has 3 nitrogen and oxygen atoms in total. The molecule has 1 aliphatic rings. The Morgan fingerprint density at radius 3 is 2.65 bits per heavy atom. The molecule has 1 fully saturated rings. The predicted molar refractivity (Wildman–Crippen MR) is 86.0 cm³/mol. The highest BCUT2D eigenvalue weighted by atomic mass is 32.2. The average molecular weight is 347 g/mol. The number of hydrogen-bond acceptors (Lipinski definition) is 3. The summed E-state index contributed by atoms with van der Waals surface area (Å²) in [5, 5.41) is 3.05. The van der Waals surface area contributed by atoms with E-state index in [9.17, 15) is 21.6 Å². The second-order valence-electron chi connectivity index (χ2n) is 6.04. The van der Waals surface area contributed by atoms with Crippen molar-refractivity contribution in [1.82, 2.24) is 0 Å². The fourth-order valence-corrected chi connectivity index (χ4v) is 4.57. The first-order valence-electron chi connectivity index (χ1n) is 7.40. The molecule has 1 aromatic carbocycles. The summed E-state index contributed by atoms with van der Waals surface area (Å²) in [6.45, 7) is 5.56. The van der Waals surface area contributed by atoms with Crippen LogP contribution >= 0.6 is 0 Å². The first-order chi connectivity index (χ1) is 10.6. The quantitative estimate of drug-likeness (QED) is 0.896. The maximum absolute atomic E-state index is 13.0. The molecule has 1 aromatic rings. The van der Waals surface area contributed by atoms with E-state index in [2.05, 4.69) is 11.9 Å². The molecule has 1 unspecified atom stereocenters. The summed E-state index contributed by atoms with van der Waals surface area (Å²) < 4.78 is 62.1. The molecule has 1 heterocycles. The Bertz CT molecular complexity index is 696. The molecule has 128 valence electrons. The zero-order valence-corrected chi connectivity index (χ0v) is 13.7. The van der Waals surface area contributed by atoms with Crippen LogP contribution in [0.2, 0.25) is 0 Å². The molecule has 0 radical (unpaired) electrons. The molecule has 1 N–H and O–H groups in total. The first-order valence-corrected chi connectivity index (χ1v) is 9.22. The Labute approximate surface area is 134 Å². The van der Waals surface area contributed by atoms with Crippen LogP contribution in [-0.2, 0) is 16.0 Å². The molecular weight excluding hydrogens is 327 g/mol. The zero-order chi connectivity index (χ0) is 17.3. The molecule has 1 aliphatic heterocycles. The van der Waals surface area contributed by atoms with E-state index in [1.54, 1.807) is 0 Å². The molecule has 0 spiro atoms. The van der Waals surface area contributed by atoms with Gasteiger partial charge in [0.15, 0.2) is 9.84 Å². The minimum Gasteiger partial charge on any atom is -0.385 e. The van der Waals surface area contributed by atoms with Crippen LogP contribution in [-0.4, -0.2) is 26.5 Å². The number of benzene rings is 1. The molecule has 2 rings (SSSR count). The zero-order valence-electron chi connectivity index (χ0n) is 12.9. The van der Waals surface area contributed by atoms with Gasteiger partial charge in [-0.1, -0.05) is 12.2 Å². The number of hydrogen-bond donors (Lipinski definition) is 1. The third-order valence-corrected chi connectivity index (χ3v) is 5.83. The SMILES string of the molecule is C=C(C)c1cc(NCC2CCCS(=O)(=O)C2)ccc1C(F)(F)F. The molecule has 0 amide bonds. The number of anilines is 1. The van der Waals surface area contributed by atoms with Crippen molar-refractivity contribution in [3.05, 3.63) is 35.9 Å². The van der Waals surface area contributed by atoms with Crippen molar-refractivity contribution in [1.29, 1.82) is 0 Å². The van der Waals surface area contributed by atoms with Crippen LogP contribution in [0.4, 0.5) is 18.9 Å². The van der Waals surface area contributed by atoms with Gasteiger partial charge >= 0.3 is 6.18 Å². The van der Waals surface area contributed by atoms with E-state index >= 15 is 0 Å². The largest absolute Gasteiger partial charge is 0.416 e. The summed E-state index contributed by atoms with van der Waals surface area (Å²) in [5.74, 6) is 0.349. The standard InChI is InChI=1S/C16H20F3NO2S/c1-11(2)14-8-13(5-6-15(14)16(17,18)19)20-9-12-4-3-7-23(21,22)10-12/h5-6,8,12,20H,1,3-4,7,9-10H2,2H3. The number of allylic oxidation sites excluding steroid dienone is 1. The monoisotopic (exact) mass is 347 g/mol. The second kappa shape index (κ2) is 6.55. The summed E-state index contributed by atoms with van der Waals surface area (Å²) in [5.41, 5.74) is 0.217. The van der Waals surface area contributed by atoms with E-state index in [4.69, 9.17) is 0 Å². The molecule has 7 heteroatoms. The van der Waals surface area contributed by atoms with Crippen LogP contribution in [0.25, 0.3) is 5.57 Å². The number of nitrogens with one attached hydrogen (secondary N) is 1. The van der Waals surface area contributed by atoms with Crippen molar-refractivity contribution in [3.63, 3.8) is 0 Å². The van der Waals surface area contributed by atoms with E-state index in [0.717, 1.165) is 12.5 Å². The van der Waals surface area contributed by atoms with Crippen molar-refractivity contribution in [3.8, 4) is 0 Å². The number of alkyl halides is 3. The van der Waals surface area contributed by atoms with Crippen molar-refractivity contribution in [2.24, 2.45) is 5.92 Å². The van der Waals surface area contributed by atoms with Crippen LogP contribution in [0.3, 0.4) is 0 Å². The van der Waals surface area contributed by atoms with Gasteiger partial charge in [-0.15, -0.1) is 0 Å². The van der Waals surface area contributed by atoms with Crippen LogP contribution in [0, 0.1) is 5.92 Å². The minimum absolute atomic E-state index is 0.00989. The van der Waals surface area contributed by atoms with E-state index in [1.165, 1.54) is 19.1 Å². The van der Waals surface area contributed by atoms with Crippen LogP contribution in [0.1, 0.15) is 30.9 Å². The molecule has 0 aromatic heterocycles. The van der Waals surface area contributed by atoms with Gasteiger partial charge in [0.1, 0.15) is 0 Å². The summed E-state index contributed by atoms with van der Waals surface area (Å²) in [7, 11) is -2.99. The van der Waals surface area contributed by atoms with E-state index in [-0.39, 0.29) is 23.0 Å². The summed E-state index contributed by atoms with van der Waals surface area (Å²) in [6, 6.07) is 3.82. The van der Waals surface area contributed by atoms with Gasteiger partial charge in [0.25, 0.3) is 0 Å². The number of rotatable bonds is 4. The fourth-order valence-electron chi connectivity index (χ4n) is 2.80. The normalized spacial score (nSPS) is 21.0. The molecule has 0 aliphatic carbocycles. The third-order valence-electron chi connectivity index (χ3n) is 3.94. The lowest BCUT2D eigenvalue weighted by Crippen LogP contribution is -2.29. The van der Waals surface area contributed by atoms with Gasteiger partial charge in [-0.3, -0.25) is 0 Å². The van der Waals surface area contributed by atoms with Crippen molar-refractivity contribution >= 4 is 21.1 Å². The lowest BCUT2D eigenvalue weighted by atomic mass is 10.00. The van der Waals surface area contributed by atoms with Crippen molar-refractivity contribution in [2.75, 3.05) is 23.4 Å². The molecular formula is C16H20F3NO2S. The molecule has 0 bridgehead atoms. The van der Waals surface area contributed by atoms with Crippen molar-refractivity contribution in [2.45, 2.75) is 25.9 Å². The molecule has 1 atom stereocenters. The van der Waals surface area contributed by atoms with E-state index in [0.29, 0.717) is 24.2 Å². The van der Waals surface area contributed by atoms with Crippen molar-refractivity contribution < 1.29 is 21.6 Å². The highest BCUT2D eigenvalue weighted by molar-refractivity contribution is 7.91. The fraction of sp³-hybridized carbons (Fsp3) is 0.500. The highest BCUT2D eigenvalue weighted by Gasteiger charge is 2.33. The lowest BCUT2D eigenvalue weighted by Gasteiger charge is -2.23. The average Bonchev–Trinajstić information content (AvgIpc) is 2.42. The van der Waals surface area contributed by atoms with Gasteiger partial charge in [-0.25, -0.2) is 8.42 Å². The molecule has 0 saturated carbocycles. The summed E-state index contributed by atoms with van der Waals surface area (Å²) >= 11 is 0. The Morgan fingerprint density at radius 2 is 2.09 bits per heavy atom. The third kappa shape index (κ3) is 4.73. The van der Waals surface area contributed by atoms with E-state index in [1.807, 2.05) is 0 Å². The Morgan fingerprint density at radius 1 is 1.39 bits per heavy atom. The van der Waals surface area contributed by atoms with Gasteiger partial charge in [-0.05, 0) is 49.4 Å². The lowest BCUT2D eigenvalue weighted by molar-refractivity contribution is -0.137.